The molecule has 1 aliphatic carbocycles. The van der Waals surface area contributed by atoms with Gasteiger partial charge in [-0.3, -0.25) is 9.69 Å². The molecule has 2 fully saturated rings. The van der Waals surface area contributed by atoms with Crippen molar-refractivity contribution in [3.63, 3.8) is 0 Å². The van der Waals surface area contributed by atoms with Gasteiger partial charge in [-0.05, 0) is 45.1 Å². The molecule has 1 heterocycles. The van der Waals surface area contributed by atoms with Crippen molar-refractivity contribution in [3.8, 4) is 0 Å². The van der Waals surface area contributed by atoms with Crippen LogP contribution in [0, 0.1) is 5.41 Å². The number of amides is 1. The third-order valence-electron chi connectivity index (χ3n) is 4.14. The number of rotatable bonds is 6. The third kappa shape index (κ3) is 3.91. The molecule has 2 aliphatic rings. The molecule has 2 rings (SSSR count). The van der Waals surface area contributed by atoms with E-state index in [9.17, 15) is 4.79 Å². The van der Waals surface area contributed by atoms with Crippen LogP contribution in [-0.2, 0) is 9.53 Å². The summed E-state index contributed by atoms with van der Waals surface area (Å²) in [6, 6.07) is 0.0432. The van der Waals surface area contributed by atoms with E-state index in [2.05, 4.69) is 10.2 Å². The lowest BCUT2D eigenvalue weighted by atomic mass is 10.0. The van der Waals surface area contributed by atoms with Gasteiger partial charge in [0.2, 0.25) is 5.91 Å². The second-order valence-corrected chi connectivity index (χ2v) is 6.26. The first kappa shape index (κ1) is 14.8. The maximum atomic E-state index is 12.2. The minimum absolute atomic E-state index is 0.0956. The fourth-order valence-corrected chi connectivity index (χ4v) is 2.85. The summed E-state index contributed by atoms with van der Waals surface area (Å²) >= 11 is 0. The Kier molecular flexibility index (Phi) is 4.81. The van der Waals surface area contributed by atoms with Gasteiger partial charge in [-0.2, -0.15) is 0 Å². The Labute approximate surface area is 115 Å². The van der Waals surface area contributed by atoms with E-state index in [4.69, 9.17) is 10.5 Å². The summed E-state index contributed by atoms with van der Waals surface area (Å²) in [6.07, 6.45) is 3.57. The third-order valence-corrected chi connectivity index (χ3v) is 4.14. The van der Waals surface area contributed by atoms with Crippen molar-refractivity contribution in [2.45, 2.75) is 45.2 Å². The maximum absolute atomic E-state index is 12.2. The van der Waals surface area contributed by atoms with E-state index >= 15 is 0 Å². The van der Waals surface area contributed by atoms with Gasteiger partial charge >= 0.3 is 0 Å². The number of hydrogen-bond donors (Lipinski definition) is 2. The number of nitrogens with zero attached hydrogens (tertiary/aromatic N) is 1. The number of carbonyl (C=O) groups is 1. The van der Waals surface area contributed by atoms with Crippen molar-refractivity contribution >= 4 is 5.91 Å². The van der Waals surface area contributed by atoms with Crippen molar-refractivity contribution in [2.75, 3.05) is 32.8 Å². The lowest BCUT2D eigenvalue weighted by Crippen LogP contribution is -2.56. The molecule has 3 N–H and O–H groups in total. The first-order valence-corrected chi connectivity index (χ1v) is 7.38. The first-order chi connectivity index (χ1) is 9.06. The van der Waals surface area contributed by atoms with E-state index < -0.39 is 0 Å². The van der Waals surface area contributed by atoms with Gasteiger partial charge in [0, 0.05) is 19.1 Å². The number of nitrogens with two attached hydrogens (primary N) is 1. The molecule has 1 saturated carbocycles. The molecule has 1 amide bonds. The molecule has 0 spiro atoms. The summed E-state index contributed by atoms with van der Waals surface area (Å²) in [7, 11) is 0. The molecular weight excluding hydrogens is 242 g/mol. The number of hydrogen-bond acceptors (Lipinski definition) is 4. The molecule has 0 aromatic rings. The van der Waals surface area contributed by atoms with Gasteiger partial charge in [0.1, 0.15) is 6.04 Å². The highest BCUT2D eigenvalue weighted by atomic mass is 16.5. The second-order valence-electron chi connectivity index (χ2n) is 6.26. The Morgan fingerprint density at radius 3 is 2.84 bits per heavy atom. The number of carbonyl (C=O) groups excluding carboxylic acids is 1. The van der Waals surface area contributed by atoms with E-state index in [0.717, 1.165) is 32.7 Å². The summed E-state index contributed by atoms with van der Waals surface area (Å²) in [5, 5.41) is 3.00. The molecule has 1 unspecified atom stereocenters. The first-order valence-electron chi connectivity index (χ1n) is 7.38. The molecule has 0 radical (unpaired) electrons. The molecule has 1 saturated heterocycles. The number of ether oxygens (including phenoxy) is 1. The van der Waals surface area contributed by atoms with Crippen LogP contribution in [0.1, 0.15) is 33.1 Å². The fraction of sp³-hybridized carbons (Fsp3) is 0.929. The quantitative estimate of drug-likeness (QED) is 0.730. The Bertz CT molecular complexity index is 316. The zero-order valence-corrected chi connectivity index (χ0v) is 12.2. The van der Waals surface area contributed by atoms with Gasteiger partial charge in [-0.25, -0.2) is 0 Å². The Morgan fingerprint density at radius 2 is 2.26 bits per heavy atom. The van der Waals surface area contributed by atoms with Gasteiger partial charge in [-0.1, -0.05) is 0 Å². The van der Waals surface area contributed by atoms with Crippen LogP contribution in [0.5, 0.6) is 0 Å². The predicted octanol–water partition coefficient (Wildman–Crippen LogP) is 0.341. The van der Waals surface area contributed by atoms with Gasteiger partial charge in [0.25, 0.3) is 0 Å². The highest BCUT2D eigenvalue weighted by Gasteiger charge is 2.45. The normalized spacial score (nSPS) is 26.4. The highest BCUT2D eigenvalue weighted by Crippen LogP contribution is 2.49. The molecule has 0 bridgehead atoms. The van der Waals surface area contributed by atoms with Gasteiger partial charge in [0.15, 0.2) is 0 Å². The molecule has 110 valence electrons. The Morgan fingerprint density at radius 1 is 1.53 bits per heavy atom. The van der Waals surface area contributed by atoms with Gasteiger partial charge < -0.3 is 15.8 Å². The monoisotopic (exact) mass is 269 g/mol. The molecule has 1 aliphatic heterocycles. The van der Waals surface area contributed by atoms with Gasteiger partial charge in [0.05, 0.1) is 13.2 Å². The van der Waals surface area contributed by atoms with E-state index in [1.807, 2.05) is 13.8 Å². The Hall–Kier alpha value is -0.650. The summed E-state index contributed by atoms with van der Waals surface area (Å²) in [5.74, 6) is 0.0956. The van der Waals surface area contributed by atoms with Crippen LogP contribution >= 0.6 is 0 Å². The van der Waals surface area contributed by atoms with Crippen LogP contribution in [0.3, 0.4) is 0 Å². The number of nitrogens with one attached hydrogen (secondary N) is 1. The van der Waals surface area contributed by atoms with Crippen LogP contribution in [0.25, 0.3) is 0 Å². The van der Waals surface area contributed by atoms with E-state index in [1.165, 1.54) is 12.8 Å². The van der Waals surface area contributed by atoms with Crippen molar-refractivity contribution in [1.29, 1.82) is 0 Å². The summed E-state index contributed by atoms with van der Waals surface area (Å²) in [4.78, 5) is 14.5. The van der Waals surface area contributed by atoms with Gasteiger partial charge in [-0.15, -0.1) is 0 Å². The SMILES string of the molecule is CC(C)NC(=O)C1COCCN1CC1(CCN)CC1. The molecule has 5 nitrogen and oxygen atoms in total. The topological polar surface area (TPSA) is 67.6 Å². The molecule has 0 aromatic heterocycles. The van der Waals surface area contributed by atoms with Crippen LogP contribution in [0.15, 0.2) is 0 Å². The predicted molar refractivity (Wildman–Crippen MR) is 74.8 cm³/mol. The average molecular weight is 269 g/mol. The lowest BCUT2D eigenvalue weighted by molar-refractivity contribution is -0.133. The van der Waals surface area contributed by atoms with Crippen molar-refractivity contribution in [2.24, 2.45) is 11.1 Å². The molecule has 1 atom stereocenters. The van der Waals surface area contributed by atoms with Crippen LogP contribution in [0.4, 0.5) is 0 Å². The molecule has 19 heavy (non-hydrogen) atoms. The van der Waals surface area contributed by atoms with Crippen molar-refractivity contribution in [1.82, 2.24) is 10.2 Å². The second kappa shape index (κ2) is 6.20. The van der Waals surface area contributed by atoms with Crippen molar-refractivity contribution in [3.05, 3.63) is 0 Å². The minimum Gasteiger partial charge on any atom is -0.378 e. The smallest absolute Gasteiger partial charge is 0.239 e. The lowest BCUT2D eigenvalue weighted by Gasteiger charge is -2.37. The summed E-state index contributed by atoms with van der Waals surface area (Å²) in [5.41, 5.74) is 6.08. The molecule has 0 aromatic carbocycles. The number of morpholine rings is 1. The van der Waals surface area contributed by atoms with Crippen LogP contribution in [0.2, 0.25) is 0 Å². The highest BCUT2D eigenvalue weighted by molar-refractivity contribution is 5.82. The Balaban J connectivity index is 1.94. The molecule has 5 heteroatoms. The zero-order valence-electron chi connectivity index (χ0n) is 12.2. The van der Waals surface area contributed by atoms with Crippen LogP contribution in [-0.4, -0.2) is 55.7 Å². The van der Waals surface area contributed by atoms with E-state index in [1.54, 1.807) is 0 Å². The van der Waals surface area contributed by atoms with Crippen molar-refractivity contribution < 1.29 is 9.53 Å². The largest absolute Gasteiger partial charge is 0.378 e. The summed E-state index contributed by atoms with van der Waals surface area (Å²) < 4.78 is 5.48. The maximum Gasteiger partial charge on any atom is 0.239 e. The molecular formula is C14H27N3O2. The standard InChI is InChI=1S/C14H27N3O2/c1-11(2)16-13(18)12-9-19-8-7-17(12)10-14(3-4-14)5-6-15/h11-12H,3-10,15H2,1-2H3,(H,16,18). The van der Waals surface area contributed by atoms with E-state index in [-0.39, 0.29) is 18.0 Å². The minimum atomic E-state index is -0.133. The van der Waals surface area contributed by atoms with E-state index in [0.29, 0.717) is 12.0 Å². The van der Waals surface area contributed by atoms with Crippen LogP contribution < -0.4 is 11.1 Å². The average Bonchev–Trinajstić information content (AvgIpc) is 3.09. The zero-order chi connectivity index (χ0) is 13.9. The summed E-state index contributed by atoms with van der Waals surface area (Å²) in [6.45, 7) is 7.80. The fourth-order valence-electron chi connectivity index (χ4n) is 2.85.